The van der Waals surface area contributed by atoms with Gasteiger partial charge in [0.1, 0.15) is 0 Å². The van der Waals surface area contributed by atoms with Crippen molar-refractivity contribution in [3.63, 3.8) is 0 Å². The minimum Gasteiger partial charge on any atom is -0.339 e. The molecule has 1 aliphatic carbocycles. The highest BCUT2D eigenvalue weighted by molar-refractivity contribution is 7.89. The molecule has 3 fully saturated rings. The number of hydrogen-bond donors (Lipinski definition) is 0. The summed E-state index contributed by atoms with van der Waals surface area (Å²) in [5.41, 5.74) is 0.391. The van der Waals surface area contributed by atoms with Crippen molar-refractivity contribution < 1.29 is 18.0 Å². The molecular formula is C21H29N3O4S. The van der Waals surface area contributed by atoms with Crippen LogP contribution in [0.5, 0.6) is 0 Å². The number of nitrogens with zero attached hydrogens (tertiary/aromatic N) is 3. The van der Waals surface area contributed by atoms with E-state index in [-0.39, 0.29) is 22.6 Å². The van der Waals surface area contributed by atoms with Gasteiger partial charge in [-0.25, -0.2) is 8.42 Å². The molecule has 0 atom stereocenters. The average molecular weight is 420 g/mol. The molecule has 4 rings (SSSR count). The Bertz CT molecular complexity index is 868. The normalized spacial score (nSPS) is 21.7. The van der Waals surface area contributed by atoms with Gasteiger partial charge in [0.05, 0.1) is 4.90 Å². The molecule has 8 heteroatoms. The van der Waals surface area contributed by atoms with E-state index in [9.17, 15) is 18.0 Å². The molecular weight excluding hydrogens is 390 g/mol. The van der Waals surface area contributed by atoms with Crippen LogP contribution in [0.4, 0.5) is 0 Å². The number of rotatable bonds is 4. The van der Waals surface area contributed by atoms with Gasteiger partial charge in [-0.3, -0.25) is 9.59 Å². The molecule has 1 aromatic rings. The summed E-state index contributed by atoms with van der Waals surface area (Å²) in [4.78, 5) is 29.1. The third-order valence-corrected chi connectivity index (χ3v) is 8.26. The summed E-state index contributed by atoms with van der Waals surface area (Å²) in [7, 11) is -3.57. The first-order valence-electron chi connectivity index (χ1n) is 10.6. The Hall–Kier alpha value is -1.93. The maximum absolute atomic E-state index is 12.9. The second-order valence-electron chi connectivity index (χ2n) is 8.24. The Balaban J connectivity index is 1.42. The van der Waals surface area contributed by atoms with Gasteiger partial charge >= 0.3 is 0 Å². The van der Waals surface area contributed by atoms with Crippen LogP contribution in [0.1, 0.15) is 48.9 Å². The van der Waals surface area contributed by atoms with E-state index in [1.165, 1.54) is 10.4 Å². The average Bonchev–Trinajstić information content (AvgIpc) is 2.73. The lowest BCUT2D eigenvalue weighted by atomic mass is 9.84. The first kappa shape index (κ1) is 20.3. The highest BCUT2D eigenvalue weighted by atomic mass is 32.2. The summed E-state index contributed by atoms with van der Waals surface area (Å²) in [6.07, 6.45) is 5.90. The van der Waals surface area contributed by atoms with Crippen LogP contribution in [0.25, 0.3) is 0 Å². The second-order valence-corrected chi connectivity index (χ2v) is 10.2. The van der Waals surface area contributed by atoms with E-state index in [0.717, 1.165) is 38.5 Å². The summed E-state index contributed by atoms with van der Waals surface area (Å²) in [6, 6.07) is 6.37. The quantitative estimate of drug-likeness (QED) is 0.747. The summed E-state index contributed by atoms with van der Waals surface area (Å²) in [6.45, 7) is 3.15. The monoisotopic (exact) mass is 419 g/mol. The van der Waals surface area contributed by atoms with Gasteiger partial charge in [0, 0.05) is 50.7 Å². The molecule has 0 aromatic heterocycles. The van der Waals surface area contributed by atoms with Crippen LogP contribution in [0.15, 0.2) is 29.2 Å². The van der Waals surface area contributed by atoms with E-state index in [4.69, 9.17) is 0 Å². The first-order chi connectivity index (χ1) is 14.0. The smallest absolute Gasteiger partial charge is 0.254 e. The molecule has 1 aromatic carbocycles. The zero-order chi connectivity index (χ0) is 20.4. The van der Waals surface area contributed by atoms with Crippen molar-refractivity contribution in [3.8, 4) is 0 Å². The summed E-state index contributed by atoms with van der Waals surface area (Å²) in [5, 5.41) is 0. The minimum absolute atomic E-state index is 0.170. The maximum atomic E-state index is 12.9. The largest absolute Gasteiger partial charge is 0.339 e. The van der Waals surface area contributed by atoms with Crippen molar-refractivity contribution in [3.05, 3.63) is 29.8 Å². The Labute approximate surface area is 172 Å². The molecule has 29 heavy (non-hydrogen) atoms. The van der Waals surface area contributed by atoms with Crippen LogP contribution >= 0.6 is 0 Å². The second kappa shape index (κ2) is 8.44. The Kier molecular flexibility index (Phi) is 5.92. The SMILES string of the molecule is O=C(c1cccc(S(=O)(=O)N2CCCCC2)c1)N1CCN(C(=O)C2CCC2)CC1. The van der Waals surface area contributed by atoms with Gasteiger partial charge in [-0.1, -0.05) is 18.9 Å². The van der Waals surface area contributed by atoms with Crippen LogP contribution in [0.2, 0.25) is 0 Å². The zero-order valence-corrected chi connectivity index (χ0v) is 17.6. The van der Waals surface area contributed by atoms with Gasteiger partial charge in [-0.2, -0.15) is 4.31 Å². The van der Waals surface area contributed by atoms with E-state index in [0.29, 0.717) is 44.8 Å². The third-order valence-electron chi connectivity index (χ3n) is 6.37. The number of amides is 2. The molecule has 2 amide bonds. The first-order valence-corrected chi connectivity index (χ1v) is 12.1. The van der Waals surface area contributed by atoms with Crippen molar-refractivity contribution >= 4 is 21.8 Å². The molecule has 3 aliphatic rings. The van der Waals surface area contributed by atoms with Crippen LogP contribution < -0.4 is 0 Å². The number of sulfonamides is 1. The highest BCUT2D eigenvalue weighted by Crippen LogP contribution is 2.28. The van der Waals surface area contributed by atoms with Crippen molar-refractivity contribution in [1.82, 2.24) is 14.1 Å². The van der Waals surface area contributed by atoms with Crippen molar-refractivity contribution in [1.29, 1.82) is 0 Å². The van der Waals surface area contributed by atoms with Crippen LogP contribution in [0, 0.1) is 5.92 Å². The van der Waals surface area contributed by atoms with E-state index in [1.54, 1.807) is 23.1 Å². The zero-order valence-electron chi connectivity index (χ0n) is 16.8. The molecule has 0 N–H and O–H groups in total. The number of piperidine rings is 1. The molecule has 2 aliphatic heterocycles. The lowest BCUT2D eigenvalue weighted by Crippen LogP contribution is -2.52. The summed E-state index contributed by atoms with van der Waals surface area (Å²) >= 11 is 0. The number of carbonyl (C=O) groups is 2. The highest BCUT2D eigenvalue weighted by Gasteiger charge is 2.32. The third kappa shape index (κ3) is 4.19. The standard InChI is InChI=1S/C21H29N3O4S/c25-20(17-6-4-7-17)22-12-14-23(15-13-22)21(26)18-8-5-9-19(16-18)29(27,28)24-10-2-1-3-11-24/h5,8-9,16-17H,1-4,6-7,10-15H2. The fraction of sp³-hybridized carbons (Fsp3) is 0.619. The molecule has 2 saturated heterocycles. The Morgan fingerprint density at radius 2 is 1.48 bits per heavy atom. The Morgan fingerprint density at radius 3 is 2.10 bits per heavy atom. The van der Waals surface area contributed by atoms with Gasteiger partial charge in [0.25, 0.3) is 5.91 Å². The fourth-order valence-corrected chi connectivity index (χ4v) is 5.83. The number of hydrogen-bond acceptors (Lipinski definition) is 4. The van der Waals surface area contributed by atoms with E-state index >= 15 is 0 Å². The van der Waals surface area contributed by atoms with Gasteiger partial charge in [0.2, 0.25) is 15.9 Å². The summed E-state index contributed by atoms with van der Waals surface area (Å²) in [5.74, 6) is 0.225. The predicted molar refractivity (Wildman–Crippen MR) is 109 cm³/mol. The Morgan fingerprint density at radius 1 is 0.828 bits per heavy atom. The molecule has 1 saturated carbocycles. The molecule has 0 radical (unpaired) electrons. The van der Waals surface area contributed by atoms with E-state index in [2.05, 4.69) is 0 Å². The topological polar surface area (TPSA) is 78.0 Å². The molecule has 0 bridgehead atoms. The van der Waals surface area contributed by atoms with Crippen LogP contribution in [0.3, 0.4) is 0 Å². The van der Waals surface area contributed by atoms with Crippen molar-refractivity contribution in [2.75, 3.05) is 39.3 Å². The molecule has 7 nitrogen and oxygen atoms in total. The number of carbonyl (C=O) groups excluding carboxylic acids is 2. The number of piperazine rings is 1. The molecule has 0 unspecified atom stereocenters. The summed E-state index contributed by atoms with van der Waals surface area (Å²) < 4.78 is 27.3. The van der Waals surface area contributed by atoms with Crippen LogP contribution in [-0.2, 0) is 14.8 Å². The van der Waals surface area contributed by atoms with E-state index < -0.39 is 10.0 Å². The van der Waals surface area contributed by atoms with Gasteiger partial charge in [0.15, 0.2) is 0 Å². The molecule has 158 valence electrons. The lowest BCUT2D eigenvalue weighted by Gasteiger charge is -2.38. The van der Waals surface area contributed by atoms with Crippen molar-refractivity contribution in [2.45, 2.75) is 43.4 Å². The van der Waals surface area contributed by atoms with E-state index in [1.807, 2.05) is 4.90 Å². The lowest BCUT2D eigenvalue weighted by molar-refractivity contribution is -0.139. The number of benzene rings is 1. The molecule has 2 heterocycles. The van der Waals surface area contributed by atoms with Gasteiger partial charge in [-0.15, -0.1) is 0 Å². The van der Waals surface area contributed by atoms with Crippen molar-refractivity contribution in [2.24, 2.45) is 5.92 Å². The fourth-order valence-electron chi connectivity index (χ4n) is 4.27. The minimum atomic E-state index is -3.57. The predicted octanol–water partition coefficient (Wildman–Crippen LogP) is 1.95. The van der Waals surface area contributed by atoms with Crippen LogP contribution in [-0.4, -0.2) is 73.6 Å². The molecule has 0 spiro atoms. The van der Waals surface area contributed by atoms with Gasteiger partial charge in [-0.05, 0) is 43.9 Å². The maximum Gasteiger partial charge on any atom is 0.254 e. The van der Waals surface area contributed by atoms with Gasteiger partial charge < -0.3 is 9.80 Å².